The number of hydrogen-bond acceptors (Lipinski definition) is 2. The maximum absolute atomic E-state index is 13.3. The summed E-state index contributed by atoms with van der Waals surface area (Å²) < 4.78 is 139. The van der Waals surface area contributed by atoms with E-state index < -0.39 is 82.9 Å². The van der Waals surface area contributed by atoms with Crippen molar-refractivity contribution >= 4 is 0 Å². The van der Waals surface area contributed by atoms with E-state index in [-0.39, 0.29) is 0 Å². The monoisotopic (exact) mass is 394 g/mol. The molecular formula is C14H4F10O2. The van der Waals surface area contributed by atoms with Gasteiger partial charge in [-0.2, -0.15) is 17.6 Å². The Bertz CT molecular complexity index is 738. The zero-order valence-electron chi connectivity index (χ0n) is 12.0. The van der Waals surface area contributed by atoms with Gasteiger partial charge in [-0.1, -0.05) is 0 Å². The summed E-state index contributed by atoms with van der Waals surface area (Å²) in [5, 5.41) is 0. The molecule has 2 aromatic rings. The molecule has 0 heterocycles. The Morgan fingerprint density at radius 2 is 0.538 bits per heavy atom. The summed E-state index contributed by atoms with van der Waals surface area (Å²) in [5.41, 5.74) is 0. The molecule has 2 nitrogen and oxygen atoms in total. The lowest BCUT2D eigenvalue weighted by molar-refractivity contribution is 0.185. The van der Waals surface area contributed by atoms with Crippen molar-refractivity contribution in [3.63, 3.8) is 0 Å². The predicted octanol–water partition coefficient (Wildman–Crippen LogP) is 4.54. The molecule has 0 aliphatic rings. The van der Waals surface area contributed by atoms with E-state index in [9.17, 15) is 43.9 Å². The molecule has 0 spiro atoms. The molecule has 0 radical (unpaired) electrons. The molecule has 2 aromatic carbocycles. The van der Waals surface area contributed by atoms with Gasteiger partial charge < -0.3 is 9.47 Å². The minimum absolute atomic E-state index is 1.06. The molecule has 0 saturated carbocycles. The van der Waals surface area contributed by atoms with Crippen molar-refractivity contribution < 1.29 is 53.4 Å². The number of ether oxygens (including phenoxy) is 2. The Morgan fingerprint density at radius 1 is 0.346 bits per heavy atom. The van der Waals surface area contributed by atoms with Gasteiger partial charge in [0.05, 0.1) is 0 Å². The van der Waals surface area contributed by atoms with E-state index >= 15 is 0 Å². The van der Waals surface area contributed by atoms with Crippen LogP contribution in [0.3, 0.4) is 0 Å². The first-order chi connectivity index (χ1) is 12.1. The second kappa shape index (κ2) is 7.30. The third kappa shape index (κ3) is 3.22. The van der Waals surface area contributed by atoms with Crippen molar-refractivity contribution in [1.29, 1.82) is 0 Å². The van der Waals surface area contributed by atoms with Crippen LogP contribution in [0.15, 0.2) is 0 Å². The topological polar surface area (TPSA) is 18.5 Å². The first-order valence-corrected chi connectivity index (χ1v) is 6.38. The van der Waals surface area contributed by atoms with Crippen LogP contribution in [-0.4, -0.2) is 13.2 Å². The van der Waals surface area contributed by atoms with E-state index in [1.54, 1.807) is 0 Å². The van der Waals surface area contributed by atoms with Gasteiger partial charge >= 0.3 is 0 Å². The second-order valence-corrected chi connectivity index (χ2v) is 4.49. The molecule has 26 heavy (non-hydrogen) atoms. The van der Waals surface area contributed by atoms with Crippen LogP contribution in [0.25, 0.3) is 0 Å². The lowest BCUT2D eigenvalue weighted by Crippen LogP contribution is -2.15. The van der Waals surface area contributed by atoms with E-state index in [2.05, 4.69) is 9.47 Å². The highest BCUT2D eigenvalue weighted by atomic mass is 19.2. The Labute approximate surface area is 137 Å². The van der Waals surface area contributed by atoms with Gasteiger partial charge in [0.1, 0.15) is 13.2 Å². The van der Waals surface area contributed by atoms with E-state index in [1.165, 1.54) is 0 Å². The number of halogens is 10. The summed E-state index contributed by atoms with van der Waals surface area (Å²) in [4.78, 5) is 0. The lowest BCUT2D eigenvalue weighted by atomic mass is 10.2. The third-order valence-electron chi connectivity index (χ3n) is 2.92. The van der Waals surface area contributed by atoms with E-state index in [0.717, 1.165) is 0 Å². The van der Waals surface area contributed by atoms with Crippen LogP contribution in [-0.2, 0) is 0 Å². The Morgan fingerprint density at radius 3 is 0.769 bits per heavy atom. The molecule has 12 heteroatoms. The average molecular weight is 394 g/mol. The van der Waals surface area contributed by atoms with Crippen LogP contribution in [0, 0.1) is 58.2 Å². The summed E-state index contributed by atoms with van der Waals surface area (Å²) in [6.45, 7) is -2.12. The Hall–Kier alpha value is -2.66. The van der Waals surface area contributed by atoms with Gasteiger partial charge in [0.2, 0.25) is 58.2 Å². The van der Waals surface area contributed by atoms with Gasteiger partial charge in [0, 0.05) is 0 Å². The third-order valence-corrected chi connectivity index (χ3v) is 2.92. The molecule has 0 unspecified atom stereocenters. The van der Waals surface area contributed by atoms with E-state index in [4.69, 9.17) is 0 Å². The van der Waals surface area contributed by atoms with Crippen LogP contribution >= 0.6 is 0 Å². The van der Waals surface area contributed by atoms with Gasteiger partial charge in [0.25, 0.3) is 0 Å². The van der Waals surface area contributed by atoms with Crippen molar-refractivity contribution in [3.05, 3.63) is 58.2 Å². The lowest BCUT2D eigenvalue weighted by Gasteiger charge is -2.12. The normalized spacial score (nSPS) is 11.0. The molecule has 2 rings (SSSR count). The number of rotatable bonds is 5. The van der Waals surface area contributed by atoms with Crippen molar-refractivity contribution in [3.8, 4) is 11.5 Å². The summed E-state index contributed by atoms with van der Waals surface area (Å²) in [6.07, 6.45) is 0. The SMILES string of the molecule is Fc1c(F)c(F)c(OCCOc2c(F)c(F)c(F)c(F)c2F)c(F)c1F. The zero-order valence-corrected chi connectivity index (χ0v) is 12.0. The fourth-order valence-electron chi connectivity index (χ4n) is 1.71. The highest BCUT2D eigenvalue weighted by Gasteiger charge is 2.28. The largest absolute Gasteiger partial charge is 0.484 e. The molecule has 0 atom stereocenters. The highest BCUT2D eigenvalue weighted by Crippen LogP contribution is 2.30. The van der Waals surface area contributed by atoms with Crippen molar-refractivity contribution in [2.75, 3.05) is 13.2 Å². The maximum Gasteiger partial charge on any atom is 0.206 e. The van der Waals surface area contributed by atoms with Gasteiger partial charge in [-0.25, -0.2) is 26.3 Å². The van der Waals surface area contributed by atoms with Crippen molar-refractivity contribution in [2.24, 2.45) is 0 Å². The summed E-state index contributed by atoms with van der Waals surface area (Å²) in [7, 11) is 0. The molecule has 0 fully saturated rings. The van der Waals surface area contributed by atoms with Crippen LogP contribution in [0.5, 0.6) is 11.5 Å². The molecule has 142 valence electrons. The van der Waals surface area contributed by atoms with Gasteiger partial charge in [-0.05, 0) is 0 Å². The zero-order chi connectivity index (χ0) is 19.8. The fraction of sp³-hybridized carbons (Fsp3) is 0.143. The Balaban J connectivity index is 2.14. The molecule has 0 saturated heterocycles. The summed E-state index contributed by atoms with van der Waals surface area (Å²) in [6, 6.07) is 0. The standard InChI is InChI=1S/C14H4F10O2/c15-3-5(17)9(21)13(10(22)6(3)18)25-1-2-26-14-11(23)7(19)4(16)8(20)12(14)24/h1-2H2. The Kier molecular flexibility index (Phi) is 5.52. The van der Waals surface area contributed by atoms with Gasteiger partial charge in [-0.3, -0.25) is 0 Å². The number of benzene rings is 2. The molecule has 0 bridgehead atoms. The smallest absolute Gasteiger partial charge is 0.206 e. The van der Waals surface area contributed by atoms with Crippen molar-refractivity contribution in [2.45, 2.75) is 0 Å². The molecular weight excluding hydrogens is 390 g/mol. The molecule has 0 amide bonds. The first kappa shape index (κ1) is 19.7. The average Bonchev–Trinajstić information content (AvgIpc) is 2.63. The minimum atomic E-state index is -2.44. The van der Waals surface area contributed by atoms with Crippen LogP contribution < -0.4 is 9.47 Å². The van der Waals surface area contributed by atoms with Gasteiger partial charge in [0.15, 0.2) is 11.5 Å². The predicted molar refractivity (Wildman–Crippen MR) is 63.5 cm³/mol. The first-order valence-electron chi connectivity index (χ1n) is 6.38. The minimum Gasteiger partial charge on any atom is -0.484 e. The maximum atomic E-state index is 13.3. The summed E-state index contributed by atoms with van der Waals surface area (Å²) >= 11 is 0. The molecule has 0 aliphatic heterocycles. The van der Waals surface area contributed by atoms with E-state index in [0.29, 0.717) is 0 Å². The quantitative estimate of drug-likeness (QED) is 0.321. The van der Waals surface area contributed by atoms with Crippen LogP contribution in [0.1, 0.15) is 0 Å². The highest BCUT2D eigenvalue weighted by molar-refractivity contribution is 5.31. The van der Waals surface area contributed by atoms with Crippen LogP contribution in [0.4, 0.5) is 43.9 Å². The van der Waals surface area contributed by atoms with Crippen molar-refractivity contribution in [1.82, 2.24) is 0 Å². The molecule has 0 aliphatic carbocycles. The van der Waals surface area contributed by atoms with E-state index in [1.807, 2.05) is 0 Å². The fourth-order valence-corrected chi connectivity index (χ4v) is 1.71. The molecule has 0 N–H and O–H groups in total. The van der Waals surface area contributed by atoms with Crippen LogP contribution in [0.2, 0.25) is 0 Å². The second-order valence-electron chi connectivity index (χ2n) is 4.49. The molecule has 0 aromatic heterocycles. The number of hydrogen-bond donors (Lipinski definition) is 0. The summed E-state index contributed by atoms with van der Waals surface area (Å²) in [5.74, 6) is -26.8. The van der Waals surface area contributed by atoms with Gasteiger partial charge in [-0.15, -0.1) is 0 Å².